The Morgan fingerprint density at radius 2 is 1.14 bits per heavy atom. The van der Waals surface area contributed by atoms with Crippen molar-refractivity contribution in [1.29, 1.82) is 0 Å². The van der Waals surface area contributed by atoms with Gasteiger partial charge >= 0.3 is 0 Å². The molecular formula is C38H23O3P. The molecule has 4 heteroatoms. The van der Waals surface area contributed by atoms with Gasteiger partial charge in [0.1, 0.15) is 28.3 Å². The first kappa shape index (κ1) is 23.6. The van der Waals surface area contributed by atoms with Crippen molar-refractivity contribution >= 4 is 44.6 Å². The molecule has 1 atom stereocenters. The number of fused-ring (bicyclic) bond motifs is 7. The summed E-state index contributed by atoms with van der Waals surface area (Å²) in [4.78, 5) is 0. The lowest BCUT2D eigenvalue weighted by molar-refractivity contribution is 0.463. The van der Waals surface area contributed by atoms with Gasteiger partial charge in [-0.1, -0.05) is 103 Å². The minimum Gasteiger partial charge on any atom is -0.456 e. The number of ether oxygens (including phenoxy) is 2. The highest BCUT2D eigenvalue weighted by atomic mass is 31.2. The van der Waals surface area contributed by atoms with Gasteiger partial charge in [-0.05, 0) is 74.6 Å². The van der Waals surface area contributed by atoms with Crippen molar-refractivity contribution in [3.63, 3.8) is 0 Å². The average molecular weight is 559 g/mol. The summed E-state index contributed by atoms with van der Waals surface area (Å²) in [5, 5.41) is 6.35. The molecule has 2 aliphatic heterocycles. The molecule has 0 radical (unpaired) electrons. The van der Waals surface area contributed by atoms with Gasteiger partial charge in [0.25, 0.3) is 0 Å². The van der Waals surface area contributed by atoms with Crippen LogP contribution < -0.4 is 25.4 Å². The molecule has 7 aromatic rings. The number of benzene rings is 7. The Morgan fingerprint density at radius 1 is 0.452 bits per heavy atom. The number of hydrogen-bond acceptors (Lipinski definition) is 3. The predicted molar refractivity (Wildman–Crippen MR) is 172 cm³/mol. The summed E-state index contributed by atoms with van der Waals surface area (Å²) in [5.74, 6) is 2.43. The third-order valence-electron chi connectivity index (χ3n) is 8.49. The Hall–Kier alpha value is -5.11. The minimum atomic E-state index is -3.42. The zero-order valence-corrected chi connectivity index (χ0v) is 23.3. The van der Waals surface area contributed by atoms with Crippen molar-refractivity contribution in [2.24, 2.45) is 0 Å². The van der Waals surface area contributed by atoms with E-state index in [2.05, 4.69) is 54.6 Å². The first-order valence-corrected chi connectivity index (χ1v) is 15.7. The highest BCUT2D eigenvalue weighted by Crippen LogP contribution is 2.61. The largest absolute Gasteiger partial charge is 0.456 e. The second kappa shape index (κ2) is 8.69. The van der Waals surface area contributed by atoms with E-state index in [0.717, 1.165) is 43.7 Å². The SMILES string of the molecule is O=P12c3ccc(-c4ccccc4)cc3Oc3ccc(-c4ccc5ccccc5c4)c(c31)Oc1ccc3ccccc3c12. The zero-order chi connectivity index (χ0) is 27.8. The topological polar surface area (TPSA) is 35.5 Å². The zero-order valence-electron chi connectivity index (χ0n) is 22.5. The van der Waals surface area contributed by atoms with Gasteiger partial charge in [-0.3, -0.25) is 0 Å². The molecular weight excluding hydrogens is 535 g/mol. The summed E-state index contributed by atoms with van der Waals surface area (Å²) in [5.41, 5.74) is 4.00. The fourth-order valence-corrected chi connectivity index (χ4v) is 9.78. The summed E-state index contributed by atoms with van der Waals surface area (Å²) < 4.78 is 29.4. The lowest BCUT2D eigenvalue weighted by Crippen LogP contribution is -2.35. The van der Waals surface area contributed by atoms with Gasteiger partial charge in [0.2, 0.25) is 0 Å². The van der Waals surface area contributed by atoms with Crippen LogP contribution in [0.15, 0.2) is 140 Å². The van der Waals surface area contributed by atoms with E-state index in [1.165, 1.54) is 5.39 Å². The van der Waals surface area contributed by atoms with Crippen molar-refractivity contribution in [1.82, 2.24) is 0 Å². The van der Waals surface area contributed by atoms with Crippen LogP contribution in [0.25, 0.3) is 43.8 Å². The smallest absolute Gasteiger partial charge is 0.186 e. The molecule has 42 heavy (non-hydrogen) atoms. The van der Waals surface area contributed by atoms with Crippen molar-refractivity contribution in [3.8, 4) is 45.3 Å². The lowest BCUT2D eigenvalue weighted by Gasteiger charge is -2.36. The Morgan fingerprint density at radius 3 is 2.02 bits per heavy atom. The maximum absolute atomic E-state index is 16.0. The second-order valence-corrected chi connectivity index (χ2v) is 13.4. The van der Waals surface area contributed by atoms with E-state index < -0.39 is 7.14 Å². The third kappa shape index (κ3) is 3.26. The molecule has 0 fully saturated rings. The van der Waals surface area contributed by atoms with Crippen LogP contribution in [0.3, 0.4) is 0 Å². The van der Waals surface area contributed by atoms with E-state index in [9.17, 15) is 0 Å². The van der Waals surface area contributed by atoms with Crippen molar-refractivity contribution < 1.29 is 14.0 Å². The van der Waals surface area contributed by atoms with Gasteiger partial charge < -0.3 is 14.0 Å². The second-order valence-electron chi connectivity index (χ2n) is 10.8. The van der Waals surface area contributed by atoms with Gasteiger partial charge in [0.05, 0.1) is 10.6 Å². The van der Waals surface area contributed by atoms with Crippen LogP contribution in [0.5, 0.6) is 23.0 Å². The molecule has 0 saturated heterocycles. The average Bonchev–Trinajstić information content (AvgIpc) is 3.04. The molecule has 1 unspecified atom stereocenters. The van der Waals surface area contributed by atoms with Crippen LogP contribution in [0.2, 0.25) is 0 Å². The van der Waals surface area contributed by atoms with Gasteiger partial charge in [0, 0.05) is 5.56 Å². The maximum atomic E-state index is 16.0. The summed E-state index contributed by atoms with van der Waals surface area (Å²) in [6.45, 7) is 0. The molecule has 2 aliphatic rings. The monoisotopic (exact) mass is 558 g/mol. The van der Waals surface area contributed by atoms with Gasteiger partial charge in [0.15, 0.2) is 7.14 Å². The van der Waals surface area contributed by atoms with Crippen LogP contribution in [0.4, 0.5) is 0 Å². The van der Waals surface area contributed by atoms with Gasteiger partial charge in [-0.15, -0.1) is 0 Å². The molecule has 9 rings (SSSR count). The van der Waals surface area contributed by atoms with E-state index in [1.54, 1.807) is 0 Å². The Balaban J connectivity index is 1.35. The normalized spacial score (nSPS) is 16.2. The van der Waals surface area contributed by atoms with E-state index in [4.69, 9.17) is 9.47 Å². The standard InChI is InChI=1S/C38H23O3P/c39-42-35-21-17-28(24-8-2-1-3-9-24)23-34(35)40-33-20-18-30(29-15-14-25-10-4-5-12-27(25)22-29)36(38(33)42)41-32-19-16-26-11-6-7-13-31(26)37(32)42/h1-23H. The molecule has 0 N–H and O–H groups in total. The highest BCUT2D eigenvalue weighted by Gasteiger charge is 2.48. The first-order chi connectivity index (χ1) is 20.7. The molecule has 3 nitrogen and oxygen atoms in total. The summed E-state index contributed by atoms with van der Waals surface area (Å²) >= 11 is 0. The Kier molecular flexibility index (Phi) is 4.88. The molecule has 0 aromatic heterocycles. The summed E-state index contributed by atoms with van der Waals surface area (Å²) in [6.07, 6.45) is 0. The maximum Gasteiger partial charge on any atom is 0.186 e. The predicted octanol–water partition coefficient (Wildman–Crippen LogP) is 9.18. The fraction of sp³-hybridized carbons (Fsp3) is 0. The number of rotatable bonds is 2. The van der Waals surface area contributed by atoms with Crippen molar-refractivity contribution in [2.75, 3.05) is 0 Å². The molecule has 0 spiro atoms. The third-order valence-corrected chi connectivity index (χ3v) is 11.7. The van der Waals surface area contributed by atoms with Crippen LogP contribution in [-0.4, -0.2) is 0 Å². The first-order valence-electron chi connectivity index (χ1n) is 14.0. The van der Waals surface area contributed by atoms with Crippen LogP contribution in [0.1, 0.15) is 0 Å². The van der Waals surface area contributed by atoms with Crippen LogP contribution >= 0.6 is 7.14 Å². The van der Waals surface area contributed by atoms with Crippen LogP contribution in [-0.2, 0) is 4.57 Å². The lowest BCUT2D eigenvalue weighted by atomic mass is 10.00. The van der Waals surface area contributed by atoms with E-state index in [-0.39, 0.29) is 0 Å². The molecule has 2 heterocycles. The Bertz CT molecular complexity index is 2290. The van der Waals surface area contributed by atoms with E-state index in [0.29, 0.717) is 33.6 Å². The molecule has 0 saturated carbocycles. The fourth-order valence-electron chi connectivity index (χ4n) is 6.51. The molecule has 0 amide bonds. The quantitative estimate of drug-likeness (QED) is 0.199. The molecule has 0 bridgehead atoms. The van der Waals surface area contributed by atoms with Crippen molar-refractivity contribution in [3.05, 3.63) is 140 Å². The summed E-state index contributed by atoms with van der Waals surface area (Å²) in [7, 11) is -3.42. The highest BCUT2D eigenvalue weighted by molar-refractivity contribution is 7.86. The minimum absolute atomic E-state index is 0.578. The van der Waals surface area contributed by atoms with E-state index >= 15 is 4.57 Å². The Labute approximate surface area is 243 Å². The van der Waals surface area contributed by atoms with Crippen LogP contribution in [0, 0.1) is 0 Å². The molecule has 7 aromatic carbocycles. The van der Waals surface area contributed by atoms with Crippen molar-refractivity contribution in [2.45, 2.75) is 0 Å². The van der Waals surface area contributed by atoms with Gasteiger partial charge in [-0.25, -0.2) is 0 Å². The molecule has 0 aliphatic carbocycles. The number of hydrogen-bond donors (Lipinski definition) is 0. The van der Waals surface area contributed by atoms with Gasteiger partial charge in [-0.2, -0.15) is 0 Å². The molecule has 198 valence electrons. The summed E-state index contributed by atoms with van der Waals surface area (Å²) in [6, 6.07) is 47.1. The van der Waals surface area contributed by atoms with E-state index in [1.807, 2.05) is 84.9 Å².